The van der Waals surface area contributed by atoms with Crippen molar-refractivity contribution in [3.8, 4) is 105 Å². The zero-order valence-corrected chi connectivity index (χ0v) is 32.4. The van der Waals surface area contributed by atoms with Crippen LogP contribution in [-0.4, -0.2) is 12.2 Å². The Morgan fingerprint density at radius 3 is 0.452 bits per heavy atom. The van der Waals surface area contributed by atoms with Crippen LogP contribution in [0.5, 0.6) is 69.0 Å². The lowest BCUT2D eigenvalue weighted by Crippen LogP contribution is -2.03. The van der Waals surface area contributed by atoms with Crippen LogP contribution in [0.4, 0.5) is 0 Å². The van der Waals surface area contributed by atoms with Gasteiger partial charge >= 0.3 is 0 Å². The second-order valence-corrected chi connectivity index (χ2v) is 12.4. The summed E-state index contributed by atoms with van der Waals surface area (Å²) in [5.41, 5.74) is 2.20. The molecule has 0 bridgehead atoms. The molecular formula is C49H28N6O7. The molecule has 0 aliphatic carbocycles. The Balaban J connectivity index is 0.00000316. The molecule has 0 fully saturated rings. The van der Waals surface area contributed by atoms with Crippen LogP contribution >= 0.6 is 0 Å². The molecule has 0 aromatic heterocycles. The molecule has 0 saturated heterocycles. The average Bonchev–Trinajstić information content (AvgIpc) is 3.34. The van der Waals surface area contributed by atoms with E-state index < -0.39 is 0 Å². The van der Waals surface area contributed by atoms with Crippen molar-refractivity contribution in [1.82, 2.24) is 0 Å². The van der Waals surface area contributed by atoms with E-state index in [1.54, 1.807) is 146 Å². The van der Waals surface area contributed by atoms with E-state index in [1.807, 2.05) is 0 Å². The molecule has 0 heterocycles. The Bertz CT molecular complexity index is 2400. The van der Waals surface area contributed by atoms with Crippen molar-refractivity contribution in [2.75, 3.05) is 7.11 Å². The van der Waals surface area contributed by atoms with Gasteiger partial charge < -0.3 is 33.5 Å². The molecule has 296 valence electrons. The van der Waals surface area contributed by atoms with Crippen molar-refractivity contribution >= 4 is 0 Å². The lowest BCUT2D eigenvalue weighted by molar-refractivity contribution is 0.326. The standard InChI is InChI=1S/C48H24N6O6.CH4O/c49-25-31-1-13-37(14-2-31)55-43-44(56-38-15-3-32(26-50)4-16-38)46(58-40-19-7-34(28-52)8-20-40)48(60-42-23-11-36(30-54)12-24-42)47(59-41-21-9-35(29-53)10-22-41)45(43)57-39-17-5-33(27-51)6-18-39;1-2/h1-24H;2H,1H3. The SMILES string of the molecule is CO.N#Cc1ccc(Oc2c(Oc3ccc(C#N)cc3)c(Oc3ccc(C#N)cc3)c(Oc3ccc(C#N)cc3)c(Oc3ccc(C#N)cc3)c2Oc2ccc(C#N)cc2)cc1. The van der Waals surface area contributed by atoms with Gasteiger partial charge in [-0.3, -0.25) is 0 Å². The van der Waals surface area contributed by atoms with E-state index in [0.717, 1.165) is 7.11 Å². The van der Waals surface area contributed by atoms with Crippen LogP contribution in [0.1, 0.15) is 33.4 Å². The minimum atomic E-state index is -0.118. The topological polar surface area (TPSA) is 218 Å². The third-order valence-corrected chi connectivity index (χ3v) is 8.46. The van der Waals surface area contributed by atoms with Gasteiger partial charge in [0.2, 0.25) is 34.5 Å². The maximum absolute atomic E-state index is 9.54. The van der Waals surface area contributed by atoms with Gasteiger partial charge in [0.1, 0.15) is 34.5 Å². The van der Waals surface area contributed by atoms with Crippen molar-refractivity contribution in [2.24, 2.45) is 0 Å². The molecular weight excluding hydrogens is 785 g/mol. The predicted molar refractivity (Wildman–Crippen MR) is 222 cm³/mol. The highest BCUT2D eigenvalue weighted by Gasteiger charge is 2.35. The highest BCUT2D eigenvalue weighted by atomic mass is 16.6. The zero-order chi connectivity index (χ0) is 43.8. The summed E-state index contributed by atoms with van der Waals surface area (Å²) in [4.78, 5) is 0. The molecule has 0 aliphatic heterocycles. The van der Waals surface area contributed by atoms with E-state index in [0.29, 0.717) is 33.4 Å². The van der Waals surface area contributed by atoms with Crippen molar-refractivity contribution < 1.29 is 33.5 Å². The second-order valence-electron chi connectivity index (χ2n) is 12.4. The molecule has 7 aromatic rings. The first-order chi connectivity index (χ1) is 30.4. The Morgan fingerprint density at radius 1 is 0.242 bits per heavy atom. The molecule has 0 atom stereocenters. The van der Waals surface area contributed by atoms with Gasteiger partial charge in [0.25, 0.3) is 0 Å². The summed E-state index contributed by atoms with van der Waals surface area (Å²) in [7, 11) is 1.00. The summed E-state index contributed by atoms with van der Waals surface area (Å²) >= 11 is 0. The Kier molecular flexibility index (Phi) is 13.6. The number of aliphatic hydroxyl groups excluding tert-OH is 1. The van der Waals surface area contributed by atoms with Crippen LogP contribution in [0.3, 0.4) is 0 Å². The molecule has 7 rings (SSSR count). The zero-order valence-electron chi connectivity index (χ0n) is 32.4. The van der Waals surface area contributed by atoms with Crippen LogP contribution in [0.15, 0.2) is 146 Å². The number of nitriles is 6. The van der Waals surface area contributed by atoms with Crippen molar-refractivity contribution in [3.05, 3.63) is 179 Å². The number of aliphatic hydroxyl groups is 1. The summed E-state index contributed by atoms with van der Waals surface area (Å²) in [6.45, 7) is 0. The Labute approximate surface area is 355 Å². The molecule has 0 radical (unpaired) electrons. The van der Waals surface area contributed by atoms with Gasteiger partial charge in [-0.05, 0) is 146 Å². The third-order valence-electron chi connectivity index (χ3n) is 8.46. The molecule has 13 heteroatoms. The summed E-state index contributed by atoms with van der Waals surface area (Å²) < 4.78 is 39.8. The molecule has 1 N–H and O–H groups in total. The largest absolute Gasteiger partial charge is 0.449 e. The predicted octanol–water partition coefficient (Wildman–Crippen LogP) is 11.3. The van der Waals surface area contributed by atoms with Crippen LogP contribution in [0, 0.1) is 68.0 Å². The smallest absolute Gasteiger partial charge is 0.220 e. The van der Waals surface area contributed by atoms with Gasteiger partial charge in [-0.2, -0.15) is 31.6 Å². The van der Waals surface area contributed by atoms with Crippen molar-refractivity contribution in [3.63, 3.8) is 0 Å². The van der Waals surface area contributed by atoms with Crippen LogP contribution < -0.4 is 28.4 Å². The number of benzene rings is 7. The number of ether oxygens (including phenoxy) is 6. The summed E-state index contributed by atoms with van der Waals surface area (Å²) in [5.74, 6) is 0.698. The van der Waals surface area contributed by atoms with Gasteiger partial charge in [0.05, 0.1) is 69.8 Å². The molecule has 62 heavy (non-hydrogen) atoms. The number of hydrogen-bond donors (Lipinski definition) is 1. The first-order valence-electron chi connectivity index (χ1n) is 18.2. The fourth-order valence-electron chi connectivity index (χ4n) is 5.47. The molecule has 0 amide bonds. The monoisotopic (exact) mass is 812 g/mol. The maximum atomic E-state index is 9.54. The minimum Gasteiger partial charge on any atom is -0.449 e. The first kappa shape index (κ1) is 41.9. The molecule has 0 aliphatic rings. The summed E-state index contributed by atoms with van der Waals surface area (Å²) in [6, 6.07) is 50.0. The maximum Gasteiger partial charge on any atom is 0.220 e. The molecule has 0 unspecified atom stereocenters. The number of hydrogen-bond acceptors (Lipinski definition) is 13. The van der Waals surface area contributed by atoms with E-state index in [9.17, 15) is 31.6 Å². The van der Waals surface area contributed by atoms with E-state index in [1.165, 1.54) is 0 Å². The van der Waals surface area contributed by atoms with E-state index in [-0.39, 0.29) is 69.0 Å². The van der Waals surface area contributed by atoms with E-state index in [2.05, 4.69) is 36.4 Å². The molecule has 0 spiro atoms. The second kappa shape index (κ2) is 20.1. The summed E-state index contributed by atoms with van der Waals surface area (Å²) in [5, 5.41) is 64.2. The fraction of sp³-hybridized carbons (Fsp3) is 0.0204. The van der Waals surface area contributed by atoms with Crippen molar-refractivity contribution in [1.29, 1.82) is 31.6 Å². The van der Waals surface area contributed by atoms with Crippen LogP contribution in [0.2, 0.25) is 0 Å². The number of rotatable bonds is 12. The van der Waals surface area contributed by atoms with Gasteiger partial charge in [0.15, 0.2) is 0 Å². The van der Waals surface area contributed by atoms with Gasteiger partial charge in [0, 0.05) is 7.11 Å². The van der Waals surface area contributed by atoms with E-state index in [4.69, 9.17) is 33.5 Å². The Morgan fingerprint density at radius 2 is 0.355 bits per heavy atom. The molecule has 0 saturated carbocycles. The average molecular weight is 813 g/mol. The first-order valence-corrected chi connectivity index (χ1v) is 18.2. The fourth-order valence-corrected chi connectivity index (χ4v) is 5.47. The molecule has 7 aromatic carbocycles. The summed E-state index contributed by atoms with van der Waals surface area (Å²) in [6.07, 6.45) is 0. The van der Waals surface area contributed by atoms with Crippen LogP contribution in [-0.2, 0) is 0 Å². The van der Waals surface area contributed by atoms with E-state index >= 15 is 0 Å². The quantitative estimate of drug-likeness (QED) is 0.121. The van der Waals surface area contributed by atoms with Gasteiger partial charge in [-0.1, -0.05) is 0 Å². The highest BCUT2D eigenvalue weighted by molar-refractivity contribution is 5.77. The van der Waals surface area contributed by atoms with Crippen LogP contribution in [0.25, 0.3) is 0 Å². The third kappa shape index (κ3) is 10.0. The Hall–Kier alpha value is -9.76. The highest BCUT2D eigenvalue weighted by Crippen LogP contribution is 2.63. The number of nitrogens with zero attached hydrogens (tertiary/aromatic N) is 6. The van der Waals surface area contributed by atoms with Crippen molar-refractivity contribution in [2.45, 2.75) is 0 Å². The van der Waals surface area contributed by atoms with Gasteiger partial charge in [-0.25, -0.2) is 0 Å². The van der Waals surface area contributed by atoms with Gasteiger partial charge in [-0.15, -0.1) is 0 Å². The lowest BCUT2D eigenvalue weighted by atomic mass is 10.1. The normalized spacial score (nSPS) is 9.68. The minimum absolute atomic E-state index is 0.118. The lowest BCUT2D eigenvalue weighted by Gasteiger charge is -2.25. The molecule has 13 nitrogen and oxygen atoms in total.